The van der Waals surface area contributed by atoms with E-state index < -0.39 is 6.10 Å². The van der Waals surface area contributed by atoms with E-state index in [0.29, 0.717) is 6.54 Å². The minimum absolute atomic E-state index is 0.467. The summed E-state index contributed by atoms with van der Waals surface area (Å²) in [6.07, 6.45) is 1.25. The Morgan fingerprint density at radius 1 is 1.38 bits per heavy atom. The van der Waals surface area contributed by atoms with Crippen molar-refractivity contribution in [3.63, 3.8) is 0 Å². The largest absolute Gasteiger partial charge is 0.389 e. The molecule has 16 heavy (non-hydrogen) atoms. The lowest BCUT2D eigenvalue weighted by molar-refractivity contribution is 0.200. The molecule has 3 N–H and O–H groups in total. The molecule has 0 saturated heterocycles. The van der Waals surface area contributed by atoms with Crippen molar-refractivity contribution in [3.8, 4) is 0 Å². The normalized spacial score (nSPS) is 12.4. The quantitative estimate of drug-likeness (QED) is 0.734. The molecule has 1 atom stereocenters. The molecule has 2 aromatic rings. The van der Waals surface area contributed by atoms with Crippen LogP contribution in [0.5, 0.6) is 0 Å². The zero-order chi connectivity index (χ0) is 11.4. The van der Waals surface area contributed by atoms with E-state index in [2.05, 4.69) is 15.5 Å². The first-order valence-corrected chi connectivity index (χ1v) is 5.26. The molecular formula is C12H15N3O. The number of para-hydroxylation sites is 1. The van der Waals surface area contributed by atoms with Gasteiger partial charge < -0.3 is 10.4 Å². The Morgan fingerprint density at radius 2 is 2.19 bits per heavy atom. The number of aromatic nitrogens is 2. The number of hydrogen-bond acceptors (Lipinski definition) is 3. The highest BCUT2D eigenvalue weighted by atomic mass is 16.3. The van der Waals surface area contributed by atoms with Crippen LogP contribution in [0.25, 0.3) is 0 Å². The second kappa shape index (κ2) is 4.81. The number of nitrogens with one attached hydrogen (secondary N) is 2. The van der Waals surface area contributed by atoms with Gasteiger partial charge in [-0.15, -0.1) is 0 Å². The van der Waals surface area contributed by atoms with Crippen molar-refractivity contribution in [1.29, 1.82) is 0 Å². The summed E-state index contributed by atoms with van der Waals surface area (Å²) in [5.74, 6) is 0. The van der Waals surface area contributed by atoms with E-state index >= 15 is 0 Å². The van der Waals surface area contributed by atoms with Crippen LogP contribution in [0.1, 0.15) is 24.3 Å². The molecule has 0 fully saturated rings. The number of H-pyrrole nitrogens is 1. The highest BCUT2D eigenvalue weighted by molar-refractivity contribution is 5.52. The standard InChI is InChI=1S/C12H15N3O/c1-9(16)11-4-2-3-5-12(11)13-8-10-6-7-14-15-10/h2-7,9,13,16H,8H2,1H3,(H,14,15). The average molecular weight is 217 g/mol. The summed E-state index contributed by atoms with van der Waals surface area (Å²) in [6, 6.07) is 9.65. The molecule has 1 unspecified atom stereocenters. The van der Waals surface area contributed by atoms with Crippen LogP contribution in [-0.2, 0) is 6.54 Å². The number of nitrogens with zero attached hydrogens (tertiary/aromatic N) is 1. The molecule has 1 aromatic carbocycles. The molecule has 0 saturated carbocycles. The van der Waals surface area contributed by atoms with E-state index in [1.54, 1.807) is 13.1 Å². The minimum Gasteiger partial charge on any atom is -0.389 e. The lowest BCUT2D eigenvalue weighted by Gasteiger charge is -2.13. The zero-order valence-electron chi connectivity index (χ0n) is 9.14. The van der Waals surface area contributed by atoms with Crippen LogP contribution in [0, 0.1) is 0 Å². The maximum Gasteiger partial charge on any atom is 0.0781 e. The lowest BCUT2D eigenvalue weighted by atomic mass is 10.1. The van der Waals surface area contributed by atoms with Crippen LogP contribution in [0.2, 0.25) is 0 Å². The predicted molar refractivity (Wildman–Crippen MR) is 63.0 cm³/mol. The highest BCUT2D eigenvalue weighted by Gasteiger charge is 2.06. The van der Waals surface area contributed by atoms with Gasteiger partial charge in [-0.3, -0.25) is 5.10 Å². The van der Waals surface area contributed by atoms with Crippen molar-refractivity contribution < 1.29 is 5.11 Å². The van der Waals surface area contributed by atoms with Gasteiger partial charge >= 0.3 is 0 Å². The third kappa shape index (κ3) is 2.41. The van der Waals surface area contributed by atoms with Crippen LogP contribution < -0.4 is 5.32 Å². The summed E-state index contributed by atoms with van der Waals surface area (Å²) in [4.78, 5) is 0. The molecule has 4 heteroatoms. The molecule has 0 aliphatic carbocycles. The van der Waals surface area contributed by atoms with Crippen LogP contribution in [0.4, 0.5) is 5.69 Å². The Bertz CT molecular complexity index is 437. The number of rotatable bonds is 4. The van der Waals surface area contributed by atoms with Gasteiger partial charge in [0.15, 0.2) is 0 Å². The van der Waals surface area contributed by atoms with Crippen molar-refractivity contribution in [2.75, 3.05) is 5.32 Å². The van der Waals surface area contributed by atoms with Gasteiger partial charge in [0.1, 0.15) is 0 Å². The highest BCUT2D eigenvalue weighted by Crippen LogP contribution is 2.22. The second-order valence-corrected chi connectivity index (χ2v) is 3.70. The molecule has 0 spiro atoms. The fourth-order valence-electron chi connectivity index (χ4n) is 1.60. The number of aromatic amines is 1. The Hall–Kier alpha value is -1.81. The third-order valence-corrected chi connectivity index (χ3v) is 2.44. The summed E-state index contributed by atoms with van der Waals surface area (Å²) in [7, 11) is 0. The summed E-state index contributed by atoms with van der Waals surface area (Å²) < 4.78 is 0. The van der Waals surface area contributed by atoms with E-state index in [4.69, 9.17) is 0 Å². The van der Waals surface area contributed by atoms with Crippen LogP contribution in [-0.4, -0.2) is 15.3 Å². The van der Waals surface area contributed by atoms with Gasteiger partial charge in [0.05, 0.1) is 18.3 Å². The molecule has 0 radical (unpaired) electrons. The summed E-state index contributed by atoms with van der Waals surface area (Å²) in [6.45, 7) is 2.43. The van der Waals surface area contributed by atoms with Gasteiger partial charge in [0, 0.05) is 17.4 Å². The fraction of sp³-hybridized carbons (Fsp3) is 0.250. The van der Waals surface area contributed by atoms with Gasteiger partial charge in [-0.1, -0.05) is 18.2 Å². The van der Waals surface area contributed by atoms with Crippen molar-refractivity contribution in [1.82, 2.24) is 10.2 Å². The van der Waals surface area contributed by atoms with E-state index in [9.17, 15) is 5.11 Å². The number of hydrogen-bond donors (Lipinski definition) is 3. The van der Waals surface area contributed by atoms with Crippen LogP contribution in [0.3, 0.4) is 0 Å². The molecule has 1 heterocycles. The van der Waals surface area contributed by atoms with E-state index in [1.165, 1.54) is 0 Å². The molecule has 2 rings (SSSR count). The van der Waals surface area contributed by atoms with Crippen LogP contribution in [0.15, 0.2) is 36.5 Å². The van der Waals surface area contributed by atoms with E-state index in [0.717, 1.165) is 16.9 Å². The van der Waals surface area contributed by atoms with E-state index in [1.807, 2.05) is 30.3 Å². The molecule has 1 aromatic heterocycles. The smallest absolute Gasteiger partial charge is 0.0781 e. The molecular weight excluding hydrogens is 202 g/mol. The van der Waals surface area contributed by atoms with Gasteiger partial charge in [-0.2, -0.15) is 5.10 Å². The topological polar surface area (TPSA) is 60.9 Å². The maximum absolute atomic E-state index is 9.60. The van der Waals surface area contributed by atoms with Crippen molar-refractivity contribution in [2.24, 2.45) is 0 Å². The first-order chi connectivity index (χ1) is 7.77. The number of anilines is 1. The summed E-state index contributed by atoms with van der Waals surface area (Å²) >= 11 is 0. The number of benzene rings is 1. The summed E-state index contributed by atoms with van der Waals surface area (Å²) in [5.41, 5.74) is 2.87. The zero-order valence-corrected chi connectivity index (χ0v) is 9.14. The maximum atomic E-state index is 9.60. The Kier molecular flexibility index (Phi) is 3.22. The fourth-order valence-corrected chi connectivity index (χ4v) is 1.60. The number of aliphatic hydroxyl groups excluding tert-OH is 1. The van der Waals surface area contributed by atoms with Crippen molar-refractivity contribution in [3.05, 3.63) is 47.8 Å². The van der Waals surface area contributed by atoms with Gasteiger partial charge in [-0.05, 0) is 19.1 Å². The Morgan fingerprint density at radius 3 is 2.88 bits per heavy atom. The van der Waals surface area contributed by atoms with Crippen LogP contribution >= 0.6 is 0 Å². The monoisotopic (exact) mass is 217 g/mol. The summed E-state index contributed by atoms with van der Waals surface area (Å²) in [5, 5.41) is 19.6. The first-order valence-electron chi connectivity index (χ1n) is 5.26. The van der Waals surface area contributed by atoms with E-state index in [-0.39, 0.29) is 0 Å². The number of aliphatic hydroxyl groups is 1. The molecule has 0 aliphatic heterocycles. The van der Waals surface area contributed by atoms with Crippen molar-refractivity contribution >= 4 is 5.69 Å². The molecule has 84 valence electrons. The van der Waals surface area contributed by atoms with Gasteiger partial charge in [0.2, 0.25) is 0 Å². The first kappa shape index (κ1) is 10.7. The molecule has 0 aliphatic rings. The molecule has 4 nitrogen and oxygen atoms in total. The second-order valence-electron chi connectivity index (χ2n) is 3.70. The Labute approximate surface area is 94.3 Å². The van der Waals surface area contributed by atoms with Gasteiger partial charge in [0.25, 0.3) is 0 Å². The third-order valence-electron chi connectivity index (χ3n) is 2.44. The predicted octanol–water partition coefficient (Wildman–Crippen LogP) is 2.08. The van der Waals surface area contributed by atoms with Crippen molar-refractivity contribution in [2.45, 2.75) is 19.6 Å². The lowest BCUT2D eigenvalue weighted by Crippen LogP contribution is -2.04. The molecule has 0 amide bonds. The average Bonchev–Trinajstić information content (AvgIpc) is 2.79. The minimum atomic E-state index is -0.467. The SMILES string of the molecule is CC(O)c1ccccc1NCc1ccn[nH]1. The Balaban J connectivity index is 2.09. The van der Waals surface area contributed by atoms with Gasteiger partial charge in [-0.25, -0.2) is 0 Å². The molecule has 0 bridgehead atoms.